The lowest BCUT2D eigenvalue weighted by Gasteiger charge is -2.09. The Bertz CT molecular complexity index is 578. The molecule has 2 aromatic rings. The van der Waals surface area contributed by atoms with E-state index in [9.17, 15) is 0 Å². The van der Waals surface area contributed by atoms with Crippen LogP contribution in [0.3, 0.4) is 0 Å². The van der Waals surface area contributed by atoms with E-state index in [0.717, 1.165) is 11.3 Å². The first-order chi connectivity index (χ1) is 9.08. The van der Waals surface area contributed by atoms with Crippen LogP contribution in [0.25, 0.3) is 0 Å². The van der Waals surface area contributed by atoms with Gasteiger partial charge in [0, 0.05) is 12.2 Å². The summed E-state index contributed by atoms with van der Waals surface area (Å²) in [6.45, 7) is 4.57. The number of benzene rings is 1. The van der Waals surface area contributed by atoms with Crippen molar-refractivity contribution in [3.63, 3.8) is 0 Å². The van der Waals surface area contributed by atoms with Gasteiger partial charge in [-0.15, -0.1) is 0 Å². The number of nitrogens with two attached hydrogens (primary N) is 1. The van der Waals surface area contributed by atoms with Gasteiger partial charge in [-0.05, 0) is 32.0 Å². The molecule has 0 radical (unpaired) electrons. The first kappa shape index (κ1) is 13.5. The van der Waals surface area contributed by atoms with Gasteiger partial charge in [-0.25, -0.2) is 0 Å². The van der Waals surface area contributed by atoms with E-state index in [4.69, 9.17) is 22.7 Å². The molecule has 5 heteroatoms. The van der Waals surface area contributed by atoms with Gasteiger partial charge in [0.1, 0.15) is 17.3 Å². The molecule has 0 amide bonds. The fourth-order valence-electron chi connectivity index (χ4n) is 1.69. The average molecular weight is 275 g/mol. The van der Waals surface area contributed by atoms with Gasteiger partial charge in [-0.1, -0.05) is 24.4 Å². The van der Waals surface area contributed by atoms with Crippen molar-refractivity contribution in [1.29, 1.82) is 0 Å². The monoisotopic (exact) mass is 275 g/mol. The van der Waals surface area contributed by atoms with Gasteiger partial charge in [-0.3, -0.25) is 4.68 Å². The van der Waals surface area contributed by atoms with Crippen molar-refractivity contribution in [2.75, 3.05) is 0 Å². The molecule has 0 fully saturated rings. The SMILES string of the molecule is CC(C)n1ccc(COc2ccccc2C(N)=S)n1. The Morgan fingerprint density at radius 2 is 2.11 bits per heavy atom. The van der Waals surface area contributed by atoms with Crippen LogP contribution in [0.5, 0.6) is 5.75 Å². The lowest BCUT2D eigenvalue weighted by Crippen LogP contribution is -2.11. The maximum atomic E-state index is 5.73. The summed E-state index contributed by atoms with van der Waals surface area (Å²) in [5.41, 5.74) is 7.29. The summed E-state index contributed by atoms with van der Waals surface area (Å²) >= 11 is 5.00. The lowest BCUT2D eigenvalue weighted by molar-refractivity contribution is 0.298. The molecule has 0 saturated carbocycles. The van der Waals surface area contributed by atoms with Crippen molar-refractivity contribution in [1.82, 2.24) is 9.78 Å². The Kier molecular flexibility index (Phi) is 4.16. The number of thiocarbonyl (C=S) groups is 1. The third kappa shape index (κ3) is 3.32. The molecular weight excluding hydrogens is 258 g/mol. The fourth-order valence-corrected chi connectivity index (χ4v) is 1.86. The minimum Gasteiger partial charge on any atom is -0.486 e. The van der Waals surface area contributed by atoms with Gasteiger partial charge >= 0.3 is 0 Å². The summed E-state index contributed by atoms with van der Waals surface area (Å²) in [5.74, 6) is 0.689. The molecule has 2 N–H and O–H groups in total. The summed E-state index contributed by atoms with van der Waals surface area (Å²) in [6, 6.07) is 9.78. The lowest BCUT2D eigenvalue weighted by atomic mass is 10.2. The Morgan fingerprint density at radius 3 is 2.74 bits per heavy atom. The van der Waals surface area contributed by atoms with E-state index in [2.05, 4.69) is 18.9 Å². The molecule has 0 atom stereocenters. The second-order valence-electron chi connectivity index (χ2n) is 4.53. The van der Waals surface area contributed by atoms with Crippen LogP contribution < -0.4 is 10.5 Å². The minimum atomic E-state index is 0.336. The first-order valence-electron chi connectivity index (χ1n) is 6.13. The summed E-state index contributed by atoms with van der Waals surface area (Å²) in [6.07, 6.45) is 1.95. The predicted octanol–water partition coefficient (Wildman–Crippen LogP) is 2.68. The van der Waals surface area contributed by atoms with Gasteiger partial charge in [0.05, 0.1) is 11.3 Å². The molecule has 0 aliphatic heterocycles. The van der Waals surface area contributed by atoms with Crippen molar-refractivity contribution in [3.05, 3.63) is 47.8 Å². The summed E-state index contributed by atoms with van der Waals surface area (Å²) in [7, 11) is 0. The fraction of sp³-hybridized carbons (Fsp3) is 0.286. The van der Waals surface area contributed by atoms with Crippen LogP contribution in [0.4, 0.5) is 0 Å². The van der Waals surface area contributed by atoms with Crippen molar-refractivity contribution in [2.45, 2.75) is 26.5 Å². The van der Waals surface area contributed by atoms with Crippen molar-refractivity contribution >= 4 is 17.2 Å². The molecule has 1 heterocycles. The van der Waals surface area contributed by atoms with Crippen molar-refractivity contribution < 1.29 is 4.74 Å². The van der Waals surface area contributed by atoms with Crippen LogP contribution in [-0.2, 0) is 6.61 Å². The molecule has 0 bridgehead atoms. The predicted molar refractivity (Wildman–Crippen MR) is 79.3 cm³/mol. The molecule has 2 rings (SSSR count). The molecule has 4 nitrogen and oxygen atoms in total. The zero-order chi connectivity index (χ0) is 13.8. The molecule has 0 spiro atoms. The quantitative estimate of drug-likeness (QED) is 0.852. The van der Waals surface area contributed by atoms with Gasteiger partial charge < -0.3 is 10.5 Å². The molecule has 1 aromatic heterocycles. The Labute approximate surface area is 118 Å². The van der Waals surface area contributed by atoms with E-state index >= 15 is 0 Å². The van der Waals surface area contributed by atoms with Crippen LogP contribution in [-0.4, -0.2) is 14.8 Å². The maximum absolute atomic E-state index is 5.73. The average Bonchev–Trinajstić information content (AvgIpc) is 2.85. The highest BCUT2D eigenvalue weighted by molar-refractivity contribution is 7.80. The van der Waals surface area contributed by atoms with E-state index in [1.807, 2.05) is 41.2 Å². The van der Waals surface area contributed by atoms with Gasteiger partial charge in [0.25, 0.3) is 0 Å². The highest BCUT2D eigenvalue weighted by Gasteiger charge is 2.07. The van der Waals surface area contributed by atoms with E-state index in [-0.39, 0.29) is 0 Å². The van der Waals surface area contributed by atoms with Crippen LogP contribution in [0.15, 0.2) is 36.5 Å². The third-order valence-electron chi connectivity index (χ3n) is 2.72. The molecule has 1 aromatic carbocycles. The van der Waals surface area contributed by atoms with Crippen LogP contribution in [0, 0.1) is 0 Å². The summed E-state index contributed by atoms with van der Waals surface area (Å²) in [4.78, 5) is 0.336. The van der Waals surface area contributed by atoms with Gasteiger partial charge in [0.15, 0.2) is 0 Å². The number of hydrogen-bond donors (Lipinski definition) is 1. The highest BCUT2D eigenvalue weighted by atomic mass is 32.1. The zero-order valence-electron chi connectivity index (χ0n) is 11.0. The third-order valence-corrected chi connectivity index (χ3v) is 2.94. The molecular formula is C14H17N3OS. The standard InChI is InChI=1S/C14H17N3OS/c1-10(2)17-8-7-11(16-17)9-18-13-6-4-3-5-12(13)14(15)19/h3-8,10H,9H2,1-2H3,(H2,15,19). The number of rotatable bonds is 5. The van der Waals surface area contributed by atoms with Crippen LogP contribution in [0.2, 0.25) is 0 Å². The zero-order valence-corrected chi connectivity index (χ0v) is 11.9. The Hall–Kier alpha value is -1.88. The molecule has 100 valence electrons. The Balaban J connectivity index is 2.08. The highest BCUT2D eigenvalue weighted by Crippen LogP contribution is 2.19. The van der Waals surface area contributed by atoms with Gasteiger partial charge in [0.2, 0.25) is 0 Å². The minimum absolute atomic E-state index is 0.336. The molecule has 0 unspecified atom stereocenters. The molecule has 19 heavy (non-hydrogen) atoms. The van der Waals surface area contributed by atoms with E-state index in [1.54, 1.807) is 0 Å². The number of hydrogen-bond acceptors (Lipinski definition) is 3. The Morgan fingerprint density at radius 1 is 1.37 bits per heavy atom. The van der Waals surface area contributed by atoms with E-state index < -0.39 is 0 Å². The number of nitrogens with zero attached hydrogens (tertiary/aromatic N) is 2. The largest absolute Gasteiger partial charge is 0.486 e. The van der Waals surface area contributed by atoms with Crippen LogP contribution >= 0.6 is 12.2 Å². The molecule has 0 aliphatic carbocycles. The van der Waals surface area contributed by atoms with Crippen molar-refractivity contribution in [2.24, 2.45) is 5.73 Å². The number of aromatic nitrogens is 2. The summed E-state index contributed by atoms with van der Waals surface area (Å²) in [5, 5.41) is 4.43. The normalized spacial score (nSPS) is 10.7. The molecule has 0 saturated heterocycles. The van der Waals surface area contributed by atoms with Crippen molar-refractivity contribution in [3.8, 4) is 5.75 Å². The van der Waals surface area contributed by atoms with E-state index in [1.165, 1.54) is 0 Å². The molecule has 0 aliphatic rings. The smallest absolute Gasteiger partial charge is 0.132 e. The summed E-state index contributed by atoms with van der Waals surface area (Å²) < 4.78 is 7.64. The van der Waals surface area contributed by atoms with E-state index in [0.29, 0.717) is 23.4 Å². The number of para-hydroxylation sites is 1. The first-order valence-corrected chi connectivity index (χ1v) is 6.54. The number of ether oxygens (including phenoxy) is 1. The maximum Gasteiger partial charge on any atom is 0.132 e. The second-order valence-corrected chi connectivity index (χ2v) is 4.97. The second kappa shape index (κ2) is 5.84. The van der Waals surface area contributed by atoms with Crippen LogP contribution in [0.1, 0.15) is 31.1 Å². The van der Waals surface area contributed by atoms with Gasteiger partial charge in [-0.2, -0.15) is 5.10 Å². The topological polar surface area (TPSA) is 53.1 Å².